The zero-order valence-corrected chi connectivity index (χ0v) is 12.2. The van der Waals surface area contributed by atoms with Crippen molar-refractivity contribution in [2.24, 2.45) is 0 Å². The fraction of sp³-hybridized carbons (Fsp3) is 0.467. The summed E-state index contributed by atoms with van der Waals surface area (Å²) in [6, 6.07) is 3.45. The molecule has 2 N–H and O–H groups in total. The highest BCUT2D eigenvalue weighted by Crippen LogP contribution is 2.17. The molecule has 21 heavy (non-hydrogen) atoms. The number of carbonyl (C=O) groups excluding carboxylic acids is 3. The van der Waals surface area contributed by atoms with Crippen LogP contribution in [0.25, 0.3) is 0 Å². The molecular weight excluding hydrogens is 270 g/mol. The van der Waals surface area contributed by atoms with E-state index in [0.29, 0.717) is 30.1 Å². The predicted octanol–water partition coefficient (Wildman–Crippen LogP) is 1.20. The van der Waals surface area contributed by atoms with Gasteiger partial charge in [0.2, 0.25) is 0 Å². The van der Waals surface area contributed by atoms with Crippen LogP contribution in [0.2, 0.25) is 0 Å². The van der Waals surface area contributed by atoms with Gasteiger partial charge in [-0.05, 0) is 38.3 Å². The number of pyridine rings is 1. The molecule has 1 saturated carbocycles. The number of nitrogens with one attached hydrogen (secondary N) is 2. The molecule has 112 valence electrons. The molecule has 1 amide bonds. The summed E-state index contributed by atoms with van der Waals surface area (Å²) in [5, 5.41) is 0. The lowest BCUT2D eigenvalue weighted by Crippen LogP contribution is -2.38. The van der Waals surface area contributed by atoms with E-state index in [0.717, 1.165) is 12.8 Å². The zero-order valence-electron chi connectivity index (χ0n) is 12.2. The second kappa shape index (κ2) is 6.58. The lowest BCUT2D eigenvalue weighted by molar-refractivity contribution is -0.117. The number of rotatable bonds is 7. The molecule has 0 aromatic carbocycles. The molecule has 0 atom stereocenters. The lowest BCUT2D eigenvalue weighted by atomic mass is 10.1. The molecule has 1 aliphatic carbocycles. The maximum absolute atomic E-state index is 12.1. The van der Waals surface area contributed by atoms with E-state index in [4.69, 9.17) is 0 Å². The lowest BCUT2D eigenvalue weighted by Gasteiger charge is -2.09. The Morgan fingerprint density at radius 1 is 1.24 bits per heavy atom. The molecule has 1 aromatic rings. The van der Waals surface area contributed by atoms with E-state index in [1.165, 1.54) is 19.9 Å². The molecule has 0 aliphatic heterocycles. The third kappa shape index (κ3) is 4.75. The highest BCUT2D eigenvalue weighted by atomic mass is 16.2. The zero-order chi connectivity index (χ0) is 15.4. The Morgan fingerprint density at radius 3 is 2.52 bits per heavy atom. The molecule has 6 nitrogen and oxygen atoms in total. The molecule has 0 bridgehead atoms. The van der Waals surface area contributed by atoms with Gasteiger partial charge in [0.15, 0.2) is 5.78 Å². The van der Waals surface area contributed by atoms with Crippen molar-refractivity contribution in [3.8, 4) is 0 Å². The van der Waals surface area contributed by atoms with Gasteiger partial charge >= 0.3 is 0 Å². The normalized spacial score (nSPS) is 13.8. The Labute approximate surface area is 123 Å². The summed E-state index contributed by atoms with van der Waals surface area (Å²) < 4.78 is 0. The van der Waals surface area contributed by atoms with Crippen molar-refractivity contribution in [3.63, 3.8) is 0 Å². The molecule has 6 heteroatoms. The summed E-state index contributed by atoms with van der Waals surface area (Å²) in [7, 11) is 0. The summed E-state index contributed by atoms with van der Waals surface area (Å²) in [6.07, 6.45) is 2.88. The number of ketones is 2. The largest absolute Gasteiger partial charge is 0.300 e. The number of amides is 1. The van der Waals surface area contributed by atoms with E-state index in [9.17, 15) is 14.4 Å². The SMILES string of the molecule is CC(=O)CCc1cc(C(=O)NNC2CC2)cc(C(C)=O)n1. The molecule has 1 aromatic heterocycles. The van der Waals surface area contributed by atoms with Crippen LogP contribution in [0.4, 0.5) is 0 Å². The topological polar surface area (TPSA) is 88.2 Å². The summed E-state index contributed by atoms with van der Waals surface area (Å²) in [5.74, 6) is -0.453. The molecular formula is C15H19N3O3. The second-order valence-electron chi connectivity index (χ2n) is 5.36. The van der Waals surface area contributed by atoms with Crippen LogP contribution in [0.15, 0.2) is 12.1 Å². The molecule has 0 unspecified atom stereocenters. The third-order valence-electron chi connectivity index (χ3n) is 3.20. The first-order valence-electron chi connectivity index (χ1n) is 7.03. The number of aromatic nitrogens is 1. The van der Waals surface area contributed by atoms with Crippen molar-refractivity contribution < 1.29 is 14.4 Å². The number of carbonyl (C=O) groups is 3. The third-order valence-corrected chi connectivity index (χ3v) is 3.20. The molecule has 0 radical (unpaired) electrons. The van der Waals surface area contributed by atoms with E-state index in [-0.39, 0.29) is 23.2 Å². The van der Waals surface area contributed by atoms with Crippen LogP contribution in [0.5, 0.6) is 0 Å². The van der Waals surface area contributed by atoms with Crippen LogP contribution >= 0.6 is 0 Å². The molecule has 1 aliphatic rings. The fourth-order valence-electron chi connectivity index (χ4n) is 1.80. The van der Waals surface area contributed by atoms with Crippen LogP contribution in [-0.2, 0) is 11.2 Å². The smallest absolute Gasteiger partial charge is 0.265 e. The van der Waals surface area contributed by atoms with E-state index in [1.54, 1.807) is 6.07 Å². The van der Waals surface area contributed by atoms with Gasteiger partial charge in [-0.15, -0.1) is 0 Å². The number of Topliss-reactive ketones (excluding diaryl/α,β-unsaturated/α-hetero) is 2. The molecule has 2 rings (SSSR count). The maximum atomic E-state index is 12.1. The Morgan fingerprint density at radius 2 is 1.95 bits per heavy atom. The van der Waals surface area contributed by atoms with E-state index in [2.05, 4.69) is 15.8 Å². The van der Waals surface area contributed by atoms with Gasteiger partial charge in [-0.2, -0.15) is 0 Å². The van der Waals surface area contributed by atoms with Crippen molar-refractivity contribution in [1.82, 2.24) is 15.8 Å². The minimum atomic E-state index is -0.295. The number of hydrogen-bond donors (Lipinski definition) is 2. The number of hydrogen-bond acceptors (Lipinski definition) is 5. The number of nitrogens with zero attached hydrogens (tertiary/aromatic N) is 1. The molecule has 0 saturated heterocycles. The summed E-state index contributed by atoms with van der Waals surface area (Å²) in [4.78, 5) is 38.8. The van der Waals surface area contributed by atoms with Crippen LogP contribution < -0.4 is 10.9 Å². The van der Waals surface area contributed by atoms with Gasteiger partial charge in [0.25, 0.3) is 5.91 Å². The molecule has 1 fully saturated rings. The van der Waals surface area contributed by atoms with Gasteiger partial charge in [0.1, 0.15) is 11.5 Å². The minimum absolute atomic E-state index is 0.0476. The van der Waals surface area contributed by atoms with Crippen molar-refractivity contribution >= 4 is 17.5 Å². The Kier molecular flexibility index (Phi) is 4.80. The van der Waals surface area contributed by atoms with Crippen LogP contribution in [0, 0.1) is 0 Å². The quantitative estimate of drug-likeness (QED) is 0.581. The average molecular weight is 289 g/mol. The van der Waals surface area contributed by atoms with Gasteiger partial charge in [-0.25, -0.2) is 10.4 Å². The van der Waals surface area contributed by atoms with Gasteiger partial charge in [-0.1, -0.05) is 0 Å². The first-order valence-corrected chi connectivity index (χ1v) is 7.03. The van der Waals surface area contributed by atoms with Crippen molar-refractivity contribution in [2.45, 2.75) is 45.6 Å². The van der Waals surface area contributed by atoms with Crippen molar-refractivity contribution in [2.75, 3.05) is 0 Å². The second-order valence-corrected chi connectivity index (χ2v) is 5.36. The summed E-state index contributed by atoms with van der Waals surface area (Å²) >= 11 is 0. The Hall–Kier alpha value is -2.08. The first-order chi connectivity index (χ1) is 9.95. The highest BCUT2D eigenvalue weighted by Gasteiger charge is 2.22. The maximum Gasteiger partial charge on any atom is 0.265 e. The highest BCUT2D eigenvalue weighted by molar-refractivity contribution is 5.98. The Bertz CT molecular complexity index is 580. The standard InChI is InChI=1S/C15H19N3O3/c1-9(19)3-4-13-7-11(8-14(16-13)10(2)20)15(21)18-17-12-5-6-12/h7-8,12,17H,3-6H2,1-2H3,(H,18,21). The summed E-state index contributed by atoms with van der Waals surface area (Å²) in [5.41, 5.74) is 6.74. The van der Waals surface area contributed by atoms with Gasteiger partial charge in [0, 0.05) is 30.6 Å². The van der Waals surface area contributed by atoms with Crippen molar-refractivity contribution in [3.05, 3.63) is 29.1 Å². The van der Waals surface area contributed by atoms with Gasteiger partial charge < -0.3 is 4.79 Å². The predicted molar refractivity (Wildman–Crippen MR) is 76.9 cm³/mol. The van der Waals surface area contributed by atoms with Gasteiger partial charge in [-0.3, -0.25) is 15.0 Å². The van der Waals surface area contributed by atoms with Crippen LogP contribution in [0.3, 0.4) is 0 Å². The number of aryl methyl sites for hydroxylation is 1. The van der Waals surface area contributed by atoms with E-state index < -0.39 is 0 Å². The monoisotopic (exact) mass is 289 g/mol. The summed E-state index contributed by atoms with van der Waals surface area (Å²) in [6.45, 7) is 2.91. The Balaban J connectivity index is 2.14. The fourth-order valence-corrected chi connectivity index (χ4v) is 1.80. The van der Waals surface area contributed by atoms with Gasteiger partial charge in [0.05, 0.1) is 0 Å². The molecule has 0 spiro atoms. The van der Waals surface area contributed by atoms with Crippen LogP contribution in [0.1, 0.15) is 59.7 Å². The average Bonchev–Trinajstić information content (AvgIpc) is 3.26. The van der Waals surface area contributed by atoms with E-state index in [1.807, 2.05) is 0 Å². The molecule has 1 heterocycles. The van der Waals surface area contributed by atoms with E-state index >= 15 is 0 Å². The minimum Gasteiger partial charge on any atom is -0.300 e. The van der Waals surface area contributed by atoms with Crippen molar-refractivity contribution in [1.29, 1.82) is 0 Å². The van der Waals surface area contributed by atoms with Crippen LogP contribution in [-0.4, -0.2) is 28.5 Å². The first kappa shape index (κ1) is 15.3. The number of hydrazine groups is 1.